The minimum absolute atomic E-state index is 0.216. The van der Waals surface area contributed by atoms with Gasteiger partial charge in [0.2, 0.25) is 0 Å². The predicted octanol–water partition coefficient (Wildman–Crippen LogP) is 2.68. The number of benzene rings is 1. The van der Waals surface area contributed by atoms with E-state index in [1.807, 2.05) is 30.3 Å². The molecule has 0 aromatic heterocycles. The van der Waals surface area contributed by atoms with Crippen LogP contribution in [0.5, 0.6) is 0 Å². The third-order valence-electron chi connectivity index (χ3n) is 2.74. The van der Waals surface area contributed by atoms with Crippen LogP contribution in [-0.2, 0) is 0 Å². The molecule has 0 saturated heterocycles. The van der Waals surface area contributed by atoms with E-state index in [1.54, 1.807) is 0 Å². The molecule has 5 heteroatoms. The molecule has 1 aliphatic heterocycles. The van der Waals surface area contributed by atoms with Crippen molar-refractivity contribution in [3.8, 4) is 0 Å². The van der Waals surface area contributed by atoms with Crippen molar-refractivity contribution in [1.29, 1.82) is 0 Å². The van der Waals surface area contributed by atoms with E-state index in [1.165, 1.54) is 0 Å². The molecule has 1 unspecified atom stereocenters. The summed E-state index contributed by atoms with van der Waals surface area (Å²) in [6.07, 6.45) is 0.852. The summed E-state index contributed by atoms with van der Waals surface area (Å²) in [6.45, 7) is 0.502. The Kier molecular flexibility index (Phi) is 3.38. The van der Waals surface area contributed by atoms with E-state index < -0.39 is 0 Å². The molecule has 0 radical (unpaired) electrons. The molecule has 0 saturated carbocycles. The molecule has 1 heterocycles. The zero-order valence-electron chi connectivity index (χ0n) is 8.95. The molecule has 1 aromatic carbocycles. The second-order valence-electron chi connectivity index (χ2n) is 3.84. The van der Waals surface area contributed by atoms with Crippen molar-refractivity contribution < 1.29 is 0 Å². The molecule has 0 fully saturated rings. The fourth-order valence-electron chi connectivity index (χ4n) is 1.87. The second-order valence-corrected chi connectivity index (χ2v) is 4.65. The van der Waals surface area contributed by atoms with Gasteiger partial charge in [-0.2, -0.15) is 5.10 Å². The van der Waals surface area contributed by atoms with Crippen molar-refractivity contribution in [3.05, 3.63) is 33.8 Å². The van der Waals surface area contributed by atoms with Gasteiger partial charge in [-0.15, -0.1) is 0 Å². The maximum absolute atomic E-state index is 6.00. The van der Waals surface area contributed by atoms with Crippen LogP contribution in [0.25, 0.3) is 0 Å². The number of halogens is 2. The lowest BCUT2D eigenvalue weighted by atomic mass is 10.0. The van der Waals surface area contributed by atoms with Gasteiger partial charge in [0.25, 0.3) is 0 Å². The molecule has 0 bridgehead atoms. The summed E-state index contributed by atoms with van der Waals surface area (Å²) in [5.74, 6) is 0. The zero-order valence-corrected chi connectivity index (χ0v) is 10.5. The van der Waals surface area contributed by atoms with Crippen LogP contribution in [-0.4, -0.2) is 24.3 Å². The summed E-state index contributed by atoms with van der Waals surface area (Å²) in [7, 11) is 1.94. The van der Waals surface area contributed by atoms with Crippen LogP contribution >= 0.6 is 23.2 Å². The lowest BCUT2D eigenvalue weighted by Gasteiger charge is -2.19. The Balaban J connectivity index is 2.23. The van der Waals surface area contributed by atoms with E-state index in [0.717, 1.165) is 17.7 Å². The lowest BCUT2D eigenvalue weighted by Crippen LogP contribution is -2.14. The molecule has 2 rings (SSSR count). The van der Waals surface area contributed by atoms with E-state index in [4.69, 9.17) is 28.9 Å². The van der Waals surface area contributed by atoms with E-state index in [2.05, 4.69) is 5.10 Å². The van der Waals surface area contributed by atoms with Crippen molar-refractivity contribution in [3.63, 3.8) is 0 Å². The SMILES string of the molecule is CN1N=C(CN)CC1c1ccc(Cl)c(Cl)c1. The van der Waals surface area contributed by atoms with Crippen molar-refractivity contribution in [2.24, 2.45) is 10.8 Å². The summed E-state index contributed by atoms with van der Waals surface area (Å²) in [4.78, 5) is 0. The molecule has 1 atom stereocenters. The molecule has 2 N–H and O–H groups in total. The van der Waals surface area contributed by atoms with E-state index in [-0.39, 0.29) is 6.04 Å². The minimum Gasteiger partial charge on any atom is -0.325 e. The Bertz CT molecular complexity index is 431. The van der Waals surface area contributed by atoms with Gasteiger partial charge >= 0.3 is 0 Å². The van der Waals surface area contributed by atoms with Crippen LogP contribution in [0, 0.1) is 0 Å². The van der Waals surface area contributed by atoms with Gasteiger partial charge in [0.05, 0.1) is 21.8 Å². The summed E-state index contributed by atoms with van der Waals surface area (Å²) in [5.41, 5.74) is 7.71. The largest absolute Gasteiger partial charge is 0.325 e. The van der Waals surface area contributed by atoms with Crippen LogP contribution in [0.1, 0.15) is 18.0 Å². The third-order valence-corrected chi connectivity index (χ3v) is 3.48. The first-order chi connectivity index (χ1) is 7.61. The lowest BCUT2D eigenvalue weighted by molar-refractivity contribution is 0.290. The molecule has 3 nitrogen and oxygen atoms in total. The van der Waals surface area contributed by atoms with Crippen molar-refractivity contribution in [2.45, 2.75) is 12.5 Å². The first kappa shape index (κ1) is 11.7. The maximum atomic E-state index is 6.00. The first-order valence-electron chi connectivity index (χ1n) is 5.06. The number of hydrogen-bond donors (Lipinski definition) is 1. The average Bonchev–Trinajstić information content (AvgIpc) is 2.64. The molecule has 1 aliphatic rings. The van der Waals surface area contributed by atoms with Gasteiger partial charge in [-0.25, -0.2) is 0 Å². The van der Waals surface area contributed by atoms with Crippen LogP contribution in [0.3, 0.4) is 0 Å². The Morgan fingerprint density at radius 3 is 2.75 bits per heavy atom. The molecule has 86 valence electrons. The summed E-state index contributed by atoms with van der Waals surface area (Å²) in [6, 6.07) is 5.89. The highest BCUT2D eigenvalue weighted by atomic mass is 35.5. The van der Waals surface area contributed by atoms with Gasteiger partial charge < -0.3 is 5.73 Å². The topological polar surface area (TPSA) is 41.6 Å². The van der Waals surface area contributed by atoms with E-state index in [9.17, 15) is 0 Å². The van der Waals surface area contributed by atoms with Crippen LogP contribution < -0.4 is 5.73 Å². The number of hydrazone groups is 1. The summed E-state index contributed by atoms with van der Waals surface area (Å²) < 4.78 is 0. The summed E-state index contributed by atoms with van der Waals surface area (Å²) >= 11 is 11.9. The Hall–Kier alpha value is -0.770. The molecule has 0 spiro atoms. The van der Waals surface area contributed by atoms with Crippen LogP contribution in [0.2, 0.25) is 10.0 Å². The average molecular weight is 258 g/mol. The fourth-order valence-corrected chi connectivity index (χ4v) is 2.17. The highest BCUT2D eigenvalue weighted by Crippen LogP contribution is 2.32. The fraction of sp³-hybridized carbons (Fsp3) is 0.364. The minimum atomic E-state index is 0.216. The van der Waals surface area contributed by atoms with Gasteiger partial charge in [-0.1, -0.05) is 29.3 Å². The smallest absolute Gasteiger partial charge is 0.0770 e. The van der Waals surface area contributed by atoms with Crippen molar-refractivity contribution >= 4 is 28.9 Å². The molecular weight excluding hydrogens is 245 g/mol. The third kappa shape index (κ3) is 2.17. The van der Waals surface area contributed by atoms with Gasteiger partial charge in [0, 0.05) is 20.0 Å². The first-order valence-corrected chi connectivity index (χ1v) is 5.81. The number of nitrogens with two attached hydrogens (primary N) is 1. The number of nitrogens with zero attached hydrogens (tertiary/aromatic N) is 2. The standard InChI is InChI=1S/C11H13Cl2N3/c1-16-11(5-8(6-14)15-16)7-2-3-9(12)10(13)4-7/h2-4,11H,5-6,14H2,1H3. The number of hydrogen-bond acceptors (Lipinski definition) is 3. The predicted molar refractivity (Wildman–Crippen MR) is 68.1 cm³/mol. The maximum Gasteiger partial charge on any atom is 0.0770 e. The molecule has 1 aromatic rings. The zero-order chi connectivity index (χ0) is 11.7. The Morgan fingerprint density at radius 2 is 2.19 bits per heavy atom. The quantitative estimate of drug-likeness (QED) is 0.886. The van der Waals surface area contributed by atoms with Crippen molar-refractivity contribution in [1.82, 2.24) is 5.01 Å². The monoisotopic (exact) mass is 257 g/mol. The van der Waals surface area contributed by atoms with Gasteiger partial charge in [0.15, 0.2) is 0 Å². The molecular formula is C11H13Cl2N3. The van der Waals surface area contributed by atoms with E-state index >= 15 is 0 Å². The van der Waals surface area contributed by atoms with Crippen LogP contribution in [0.4, 0.5) is 0 Å². The van der Waals surface area contributed by atoms with Crippen LogP contribution in [0.15, 0.2) is 23.3 Å². The molecule has 0 aliphatic carbocycles. The number of rotatable bonds is 2. The Labute approximate surface area is 105 Å². The molecule has 0 amide bonds. The van der Waals surface area contributed by atoms with E-state index in [0.29, 0.717) is 16.6 Å². The Morgan fingerprint density at radius 1 is 1.44 bits per heavy atom. The van der Waals surface area contributed by atoms with Gasteiger partial charge in [-0.05, 0) is 17.7 Å². The highest BCUT2D eigenvalue weighted by molar-refractivity contribution is 6.42. The second kappa shape index (κ2) is 4.62. The normalized spacial score (nSPS) is 20.1. The van der Waals surface area contributed by atoms with Crippen molar-refractivity contribution in [2.75, 3.05) is 13.6 Å². The van der Waals surface area contributed by atoms with Gasteiger partial charge in [-0.3, -0.25) is 5.01 Å². The van der Waals surface area contributed by atoms with Gasteiger partial charge in [0.1, 0.15) is 0 Å². The molecule has 16 heavy (non-hydrogen) atoms. The summed E-state index contributed by atoms with van der Waals surface area (Å²) in [5, 5.41) is 7.44. The highest BCUT2D eigenvalue weighted by Gasteiger charge is 2.24.